The van der Waals surface area contributed by atoms with Crippen molar-refractivity contribution >= 4 is 17.3 Å². The molecule has 0 heterocycles. The van der Waals surface area contributed by atoms with Gasteiger partial charge in [-0.05, 0) is 31.4 Å². The molecule has 0 atom stereocenters. The third-order valence-electron chi connectivity index (χ3n) is 4.26. The average molecular weight is 311 g/mol. The van der Waals surface area contributed by atoms with Crippen molar-refractivity contribution in [1.29, 1.82) is 0 Å². The van der Waals surface area contributed by atoms with Crippen LogP contribution in [0, 0.1) is 0 Å². The predicted octanol–water partition coefficient (Wildman–Crippen LogP) is 3.84. The monoisotopic (exact) mass is 310 g/mol. The molecule has 1 aliphatic rings. The number of nitrogens with zero attached hydrogens (tertiary/aromatic N) is 1. The third-order valence-corrected chi connectivity index (χ3v) is 4.57. The highest BCUT2D eigenvalue weighted by Gasteiger charge is 2.24. The highest BCUT2D eigenvalue weighted by molar-refractivity contribution is 6.33. The van der Waals surface area contributed by atoms with Crippen molar-refractivity contribution in [1.82, 2.24) is 5.32 Å². The smallest absolute Gasteiger partial charge is 0.0643 e. The molecule has 1 aliphatic carbocycles. The Kier molecular flexibility index (Phi) is 6.81. The zero-order chi connectivity index (χ0) is 15.1. The number of benzene rings is 1. The fourth-order valence-corrected chi connectivity index (χ4v) is 3.54. The normalized spacial score (nSPS) is 15.6. The summed E-state index contributed by atoms with van der Waals surface area (Å²) in [5, 5.41) is 4.30. The van der Waals surface area contributed by atoms with E-state index in [0.717, 1.165) is 31.3 Å². The van der Waals surface area contributed by atoms with Gasteiger partial charge in [0.15, 0.2) is 0 Å². The Morgan fingerprint density at radius 2 is 2.10 bits per heavy atom. The van der Waals surface area contributed by atoms with Gasteiger partial charge in [0.05, 0.1) is 17.3 Å². The molecule has 21 heavy (non-hydrogen) atoms. The van der Waals surface area contributed by atoms with Gasteiger partial charge in [0, 0.05) is 32.8 Å². The number of hydrogen-bond acceptors (Lipinski definition) is 3. The first-order valence-electron chi connectivity index (χ1n) is 8.01. The van der Waals surface area contributed by atoms with Crippen LogP contribution in [0.4, 0.5) is 5.69 Å². The van der Waals surface area contributed by atoms with Gasteiger partial charge in [-0.25, -0.2) is 0 Å². The Balaban J connectivity index is 2.15. The van der Waals surface area contributed by atoms with E-state index in [2.05, 4.69) is 23.2 Å². The van der Waals surface area contributed by atoms with Crippen LogP contribution in [0.1, 0.15) is 38.2 Å². The lowest BCUT2D eigenvalue weighted by atomic mass is 10.1. The zero-order valence-corrected chi connectivity index (χ0v) is 14.0. The summed E-state index contributed by atoms with van der Waals surface area (Å²) in [6.07, 6.45) is 5.26. The molecule has 1 aromatic carbocycles. The number of halogens is 1. The van der Waals surface area contributed by atoms with Gasteiger partial charge in [-0.3, -0.25) is 0 Å². The molecular formula is C17H27ClN2O. The molecule has 0 amide bonds. The van der Waals surface area contributed by atoms with Crippen LogP contribution < -0.4 is 10.2 Å². The van der Waals surface area contributed by atoms with E-state index in [1.165, 1.54) is 36.9 Å². The summed E-state index contributed by atoms with van der Waals surface area (Å²) >= 11 is 6.53. The average Bonchev–Trinajstić information content (AvgIpc) is 3.01. The van der Waals surface area contributed by atoms with Crippen LogP contribution in [-0.2, 0) is 11.3 Å². The summed E-state index contributed by atoms with van der Waals surface area (Å²) in [6.45, 7) is 5.67. The first kappa shape index (κ1) is 16.6. The quantitative estimate of drug-likeness (QED) is 0.738. The fraction of sp³-hybridized carbons (Fsp3) is 0.647. The number of rotatable bonds is 8. The summed E-state index contributed by atoms with van der Waals surface area (Å²) < 4.78 is 5.08. The molecule has 1 N–H and O–H groups in total. The van der Waals surface area contributed by atoms with Crippen LogP contribution in [0.15, 0.2) is 18.2 Å². The minimum Gasteiger partial charge on any atom is -0.383 e. The van der Waals surface area contributed by atoms with Crippen molar-refractivity contribution in [2.45, 2.75) is 45.2 Å². The molecule has 0 radical (unpaired) electrons. The van der Waals surface area contributed by atoms with Crippen LogP contribution in [0.5, 0.6) is 0 Å². The van der Waals surface area contributed by atoms with Crippen LogP contribution >= 0.6 is 11.6 Å². The van der Waals surface area contributed by atoms with E-state index in [1.54, 1.807) is 7.11 Å². The van der Waals surface area contributed by atoms with Crippen molar-refractivity contribution in [3.05, 3.63) is 28.8 Å². The van der Waals surface area contributed by atoms with Crippen molar-refractivity contribution in [2.24, 2.45) is 0 Å². The number of anilines is 1. The second kappa shape index (κ2) is 8.62. The van der Waals surface area contributed by atoms with Crippen molar-refractivity contribution in [2.75, 3.05) is 31.7 Å². The Bertz CT molecular complexity index is 433. The maximum atomic E-state index is 6.53. The molecule has 4 heteroatoms. The molecule has 1 aromatic rings. The highest BCUT2D eigenvalue weighted by Crippen LogP contribution is 2.35. The Morgan fingerprint density at radius 3 is 2.76 bits per heavy atom. The topological polar surface area (TPSA) is 24.5 Å². The van der Waals surface area contributed by atoms with Gasteiger partial charge in [-0.1, -0.05) is 36.6 Å². The van der Waals surface area contributed by atoms with E-state index < -0.39 is 0 Å². The molecule has 3 nitrogen and oxygen atoms in total. The van der Waals surface area contributed by atoms with Gasteiger partial charge in [0.25, 0.3) is 0 Å². The zero-order valence-electron chi connectivity index (χ0n) is 13.2. The van der Waals surface area contributed by atoms with Gasteiger partial charge in [-0.2, -0.15) is 0 Å². The first-order chi connectivity index (χ1) is 10.3. The van der Waals surface area contributed by atoms with Crippen LogP contribution in [0.3, 0.4) is 0 Å². The van der Waals surface area contributed by atoms with Gasteiger partial charge in [0.2, 0.25) is 0 Å². The predicted molar refractivity (Wildman–Crippen MR) is 90.3 cm³/mol. The van der Waals surface area contributed by atoms with E-state index in [9.17, 15) is 0 Å². The maximum absolute atomic E-state index is 6.53. The van der Waals surface area contributed by atoms with E-state index in [1.807, 2.05) is 12.1 Å². The third kappa shape index (κ3) is 4.35. The number of para-hydroxylation sites is 1. The first-order valence-corrected chi connectivity index (χ1v) is 8.39. The lowest BCUT2D eigenvalue weighted by Crippen LogP contribution is -2.34. The maximum Gasteiger partial charge on any atom is 0.0643 e. The molecule has 1 saturated carbocycles. The SMILES string of the molecule is CCN(c1c(Cl)cccc1CNCCOC)C1CCCC1. The van der Waals surface area contributed by atoms with E-state index in [-0.39, 0.29) is 0 Å². The summed E-state index contributed by atoms with van der Waals surface area (Å²) in [7, 11) is 1.73. The summed E-state index contributed by atoms with van der Waals surface area (Å²) in [5.74, 6) is 0. The van der Waals surface area contributed by atoms with Crippen molar-refractivity contribution in [3.63, 3.8) is 0 Å². The lowest BCUT2D eigenvalue weighted by Gasteiger charge is -2.32. The second-order valence-corrected chi connectivity index (χ2v) is 6.05. The molecule has 2 rings (SSSR count). The standard InChI is InChI=1S/C17H27ClN2O/c1-3-20(15-8-4-5-9-15)17-14(7-6-10-16(17)18)13-19-11-12-21-2/h6-7,10,15,19H,3-5,8-9,11-13H2,1-2H3. The highest BCUT2D eigenvalue weighted by atomic mass is 35.5. The Hall–Kier alpha value is -0.770. The number of methoxy groups -OCH3 is 1. The lowest BCUT2D eigenvalue weighted by molar-refractivity contribution is 0.199. The minimum absolute atomic E-state index is 0.646. The molecular weight excluding hydrogens is 284 g/mol. The Morgan fingerprint density at radius 1 is 1.33 bits per heavy atom. The molecule has 1 fully saturated rings. The van der Waals surface area contributed by atoms with Crippen LogP contribution in [0.25, 0.3) is 0 Å². The molecule has 0 unspecified atom stereocenters. The summed E-state index contributed by atoms with van der Waals surface area (Å²) in [6, 6.07) is 6.88. The van der Waals surface area contributed by atoms with Crippen molar-refractivity contribution in [3.8, 4) is 0 Å². The Labute approximate surface area is 133 Å². The second-order valence-electron chi connectivity index (χ2n) is 5.64. The largest absolute Gasteiger partial charge is 0.383 e. The van der Waals surface area contributed by atoms with Gasteiger partial charge < -0.3 is 15.0 Å². The minimum atomic E-state index is 0.646. The molecule has 0 aromatic heterocycles. The molecule has 118 valence electrons. The van der Waals surface area contributed by atoms with Gasteiger partial charge in [-0.15, -0.1) is 0 Å². The van der Waals surface area contributed by atoms with Gasteiger partial charge >= 0.3 is 0 Å². The summed E-state index contributed by atoms with van der Waals surface area (Å²) in [5.41, 5.74) is 2.51. The number of ether oxygens (including phenoxy) is 1. The van der Waals surface area contributed by atoms with E-state index in [0.29, 0.717) is 6.04 Å². The van der Waals surface area contributed by atoms with Gasteiger partial charge in [0.1, 0.15) is 0 Å². The molecule has 0 aliphatic heterocycles. The van der Waals surface area contributed by atoms with Crippen LogP contribution in [-0.4, -0.2) is 32.8 Å². The fourth-order valence-electron chi connectivity index (χ4n) is 3.24. The molecule has 0 spiro atoms. The molecule has 0 bridgehead atoms. The molecule has 0 saturated heterocycles. The number of nitrogens with one attached hydrogen (secondary N) is 1. The summed E-state index contributed by atoms with van der Waals surface area (Å²) in [4.78, 5) is 2.50. The number of hydrogen-bond donors (Lipinski definition) is 1. The van der Waals surface area contributed by atoms with Crippen LogP contribution in [0.2, 0.25) is 5.02 Å². The van der Waals surface area contributed by atoms with E-state index in [4.69, 9.17) is 16.3 Å². The van der Waals surface area contributed by atoms with Crippen molar-refractivity contribution < 1.29 is 4.74 Å². The van der Waals surface area contributed by atoms with E-state index >= 15 is 0 Å².